The van der Waals surface area contributed by atoms with Crippen molar-refractivity contribution in [2.24, 2.45) is 0 Å². The first-order valence-corrected chi connectivity index (χ1v) is 9.53. The van der Waals surface area contributed by atoms with Gasteiger partial charge < -0.3 is 9.47 Å². The third kappa shape index (κ3) is 8.30. The van der Waals surface area contributed by atoms with Crippen LogP contribution >= 0.6 is 0 Å². The predicted molar refractivity (Wildman–Crippen MR) is 106 cm³/mol. The molecule has 0 aliphatic carbocycles. The smallest absolute Gasteiger partial charge is 0.373 e. The summed E-state index contributed by atoms with van der Waals surface area (Å²) in [4.78, 5) is 43.9. The van der Waals surface area contributed by atoms with E-state index in [1.807, 2.05) is 32.9 Å². The van der Waals surface area contributed by atoms with Gasteiger partial charge in [-0.1, -0.05) is 35.4 Å². The average molecular weight is 418 g/mol. The van der Waals surface area contributed by atoms with Gasteiger partial charge in [-0.3, -0.25) is 9.78 Å². The van der Waals surface area contributed by atoms with E-state index in [1.165, 1.54) is 0 Å². The lowest BCUT2D eigenvalue weighted by Crippen LogP contribution is -2.27. The Hall–Kier alpha value is -2.78. The van der Waals surface area contributed by atoms with Gasteiger partial charge in [-0.15, -0.1) is 9.78 Å². The molecule has 0 amide bonds. The van der Waals surface area contributed by atoms with Crippen LogP contribution < -0.4 is 0 Å². The van der Waals surface area contributed by atoms with Gasteiger partial charge in [-0.05, 0) is 45.0 Å². The highest BCUT2D eigenvalue weighted by Crippen LogP contribution is 2.10. The van der Waals surface area contributed by atoms with Crippen molar-refractivity contribution in [3.8, 4) is 0 Å². The summed E-state index contributed by atoms with van der Waals surface area (Å²) >= 11 is 0. The molecule has 2 rings (SSSR count). The molecule has 8 heteroatoms. The molecule has 0 unspecified atom stereocenters. The molecular formula is C22H26O8. The van der Waals surface area contributed by atoms with E-state index in [0.29, 0.717) is 24.3 Å². The molecule has 0 saturated carbocycles. The van der Waals surface area contributed by atoms with Crippen LogP contribution in [-0.4, -0.2) is 44.7 Å². The number of carbonyl (C=O) groups is 2. The molecular weight excluding hydrogens is 392 g/mol. The van der Waals surface area contributed by atoms with Crippen LogP contribution in [0.15, 0.2) is 48.5 Å². The second-order valence-electron chi connectivity index (χ2n) is 6.37. The lowest BCUT2D eigenvalue weighted by Gasteiger charge is -2.15. The second-order valence-corrected chi connectivity index (χ2v) is 6.37. The van der Waals surface area contributed by atoms with Crippen molar-refractivity contribution < 1.29 is 38.6 Å². The average Bonchev–Trinajstić information content (AvgIpc) is 2.74. The lowest BCUT2D eigenvalue weighted by molar-refractivity contribution is -0.427. The van der Waals surface area contributed by atoms with Crippen molar-refractivity contribution in [3.63, 3.8) is 0 Å². The maximum Gasteiger partial charge on any atom is 0.373 e. The standard InChI is InChI=1S/C22H26O8/c1-4-25-11-12-26-15-20(27-29-21(23)18-9-5-7-16(2)13-18)28-30-22(24)19-10-6-8-17(3)14-19/h5-10,13-14,20H,4,11-12,15H2,1-3H3. The molecule has 0 saturated heterocycles. The van der Waals surface area contributed by atoms with E-state index < -0.39 is 18.2 Å². The highest BCUT2D eigenvalue weighted by atomic mass is 17.3. The Morgan fingerprint density at radius 2 is 1.30 bits per heavy atom. The Bertz CT molecular complexity index is 759. The zero-order valence-corrected chi connectivity index (χ0v) is 17.3. The Balaban J connectivity index is 1.90. The van der Waals surface area contributed by atoms with Crippen LogP contribution in [0.3, 0.4) is 0 Å². The summed E-state index contributed by atoms with van der Waals surface area (Å²) in [6, 6.07) is 13.6. The summed E-state index contributed by atoms with van der Waals surface area (Å²) < 4.78 is 10.5. The van der Waals surface area contributed by atoms with Gasteiger partial charge in [0.15, 0.2) is 0 Å². The van der Waals surface area contributed by atoms with Crippen molar-refractivity contribution in [2.45, 2.75) is 27.1 Å². The van der Waals surface area contributed by atoms with Gasteiger partial charge in [0.2, 0.25) is 0 Å². The zero-order chi connectivity index (χ0) is 21.8. The summed E-state index contributed by atoms with van der Waals surface area (Å²) in [7, 11) is 0. The molecule has 0 heterocycles. The molecule has 0 fully saturated rings. The van der Waals surface area contributed by atoms with E-state index in [2.05, 4.69) is 0 Å². The van der Waals surface area contributed by atoms with Gasteiger partial charge in [0.05, 0.1) is 24.3 Å². The van der Waals surface area contributed by atoms with Gasteiger partial charge in [0.25, 0.3) is 6.29 Å². The third-order valence-electron chi connectivity index (χ3n) is 3.80. The fourth-order valence-electron chi connectivity index (χ4n) is 2.35. The minimum Gasteiger partial charge on any atom is -0.379 e. The van der Waals surface area contributed by atoms with Crippen LogP contribution in [0.2, 0.25) is 0 Å². The zero-order valence-electron chi connectivity index (χ0n) is 17.3. The van der Waals surface area contributed by atoms with E-state index in [9.17, 15) is 9.59 Å². The first-order valence-electron chi connectivity index (χ1n) is 9.53. The van der Waals surface area contributed by atoms with Gasteiger partial charge in [-0.2, -0.15) is 0 Å². The highest BCUT2D eigenvalue weighted by molar-refractivity contribution is 5.89. The van der Waals surface area contributed by atoms with Crippen LogP contribution in [0.25, 0.3) is 0 Å². The van der Waals surface area contributed by atoms with E-state index in [1.54, 1.807) is 36.4 Å². The van der Waals surface area contributed by atoms with Crippen molar-refractivity contribution >= 4 is 11.9 Å². The van der Waals surface area contributed by atoms with Gasteiger partial charge in [0, 0.05) is 6.61 Å². The fourth-order valence-corrected chi connectivity index (χ4v) is 2.35. The molecule has 0 bridgehead atoms. The number of rotatable bonds is 12. The van der Waals surface area contributed by atoms with Crippen LogP contribution in [0.4, 0.5) is 0 Å². The Morgan fingerprint density at radius 3 is 1.77 bits per heavy atom. The molecule has 0 aliphatic rings. The van der Waals surface area contributed by atoms with E-state index in [0.717, 1.165) is 11.1 Å². The third-order valence-corrected chi connectivity index (χ3v) is 3.80. The Labute approximate surface area is 175 Å². The number of benzene rings is 2. The maximum absolute atomic E-state index is 12.1. The van der Waals surface area contributed by atoms with Gasteiger partial charge in [0.1, 0.15) is 6.61 Å². The molecule has 8 nitrogen and oxygen atoms in total. The van der Waals surface area contributed by atoms with E-state index in [4.69, 9.17) is 29.0 Å². The molecule has 2 aromatic carbocycles. The molecule has 0 atom stereocenters. The van der Waals surface area contributed by atoms with Gasteiger partial charge in [-0.25, -0.2) is 9.59 Å². The first kappa shape index (κ1) is 23.5. The predicted octanol–water partition coefficient (Wildman–Crippen LogP) is 3.56. The van der Waals surface area contributed by atoms with Crippen LogP contribution in [0.1, 0.15) is 38.8 Å². The topological polar surface area (TPSA) is 89.5 Å². The second kappa shape index (κ2) is 12.7. The SMILES string of the molecule is CCOCCOCC(OOC(=O)c1cccc(C)c1)OOC(=O)c1cccc(C)c1. The molecule has 162 valence electrons. The minimum absolute atomic E-state index is 0.157. The fraction of sp³-hybridized carbons (Fsp3) is 0.364. The van der Waals surface area contributed by atoms with Crippen LogP contribution in [0.5, 0.6) is 0 Å². The number of hydrogen-bond donors (Lipinski definition) is 0. The molecule has 0 radical (unpaired) electrons. The maximum atomic E-state index is 12.1. The lowest BCUT2D eigenvalue weighted by atomic mass is 10.1. The summed E-state index contributed by atoms with van der Waals surface area (Å²) in [5, 5.41) is 0. The summed E-state index contributed by atoms with van der Waals surface area (Å²) in [5.74, 6) is -1.43. The molecule has 30 heavy (non-hydrogen) atoms. The summed E-state index contributed by atoms with van der Waals surface area (Å²) in [5.41, 5.74) is 2.40. The first-order chi connectivity index (χ1) is 14.5. The monoisotopic (exact) mass is 418 g/mol. The van der Waals surface area contributed by atoms with Crippen LogP contribution in [-0.2, 0) is 29.0 Å². The quantitative estimate of drug-likeness (QED) is 0.224. The highest BCUT2D eigenvalue weighted by Gasteiger charge is 2.20. The van der Waals surface area contributed by atoms with Crippen molar-refractivity contribution in [1.29, 1.82) is 0 Å². The Kier molecular flexibility index (Phi) is 9.96. The van der Waals surface area contributed by atoms with Crippen molar-refractivity contribution in [3.05, 3.63) is 70.8 Å². The largest absolute Gasteiger partial charge is 0.379 e. The number of aryl methyl sites for hydroxylation is 2. The molecule has 0 aliphatic heterocycles. The normalized spacial score (nSPS) is 10.8. The molecule has 0 spiro atoms. The number of ether oxygens (including phenoxy) is 2. The summed E-state index contributed by atoms with van der Waals surface area (Å²) in [6.45, 7) is 6.59. The van der Waals surface area contributed by atoms with E-state index >= 15 is 0 Å². The number of carbonyl (C=O) groups excluding carboxylic acids is 2. The Morgan fingerprint density at radius 1 is 0.800 bits per heavy atom. The van der Waals surface area contributed by atoms with Crippen molar-refractivity contribution in [2.75, 3.05) is 26.4 Å². The van der Waals surface area contributed by atoms with Crippen molar-refractivity contribution in [1.82, 2.24) is 0 Å². The number of hydrogen-bond acceptors (Lipinski definition) is 8. The van der Waals surface area contributed by atoms with Crippen LogP contribution in [0, 0.1) is 13.8 Å². The minimum atomic E-state index is -1.28. The van der Waals surface area contributed by atoms with Gasteiger partial charge >= 0.3 is 11.9 Å². The van der Waals surface area contributed by atoms with E-state index in [-0.39, 0.29) is 13.2 Å². The molecule has 2 aromatic rings. The summed E-state index contributed by atoms with van der Waals surface area (Å²) in [6.07, 6.45) is -1.28. The molecule has 0 aromatic heterocycles. The molecule has 0 N–H and O–H groups in total.